The van der Waals surface area contributed by atoms with E-state index in [0.717, 1.165) is 5.56 Å². The summed E-state index contributed by atoms with van der Waals surface area (Å²) in [6, 6.07) is 19.1. The molecule has 0 bridgehead atoms. The predicted octanol–water partition coefficient (Wildman–Crippen LogP) is 2.17. The average Bonchev–Trinajstić information content (AvgIpc) is 3.25. The summed E-state index contributed by atoms with van der Waals surface area (Å²) in [6.07, 6.45) is -0.401. The monoisotopic (exact) mass is 339 g/mol. The van der Waals surface area contributed by atoms with Crippen molar-refractivity contribution in [2.45, 2.75) is 31.0 Å². The normalized spacial score (nSPS) is 27.8. The van der Waals surface area contributed by atoms with Crippen LogP contribution in [0.5, 0.6) is 0 Å². The third-order valence-electron chi connectivity index (χ3n) is 4.67. The van der Waals surface area contributed by atoms with E-state index in [9.17, 15) is 4.79 Å². The van der Waals surface area contributed by atoms with E-state index < -0.39 is 0 Å². The highest BCUT2D eigenvalue weighted by Gasteiger charge is 2.48. The number of carbonyl (C=O) groups excluding carboxylic acids is 1. The second kappa shape index (κ2) is 7.35. The van der Waals surface area contributed by atoms with Crippen molar-refractivity contribution in [2.24, 2.45) is 0 Å². The molecule has 0 aliphatic carbocycles. The maximum atomic E-state index is 12.3. The summed E-state index contributed by atoms with van der Waals surface area (Å²) in [6.45, 7) is 1.46. The van der Waals surface area contributed by atoms with Crippen LogP contribution in [-0.2, 0) is 20.8 Å². The SMILES string of the molecule is O=C(N[C@H]1CO[C@H]2[C@H]1OC[C@@H]2OCc1ccccc1)c1ccccc1. The summed E-state index contributed by atoms with van der Waals surface area (Å²) in [5.74, 6) is -0.105. The van der Waals surface area contributed by atoms with Crippen LogP contribution >= 0.6 is 0 Å². The molecule has 130 valence electrons. The van der Waals surface area contributed by atoms with Gasteiger partial charge in [-0.3, -0.25) is 4.79 Å². The van der Waals surface area contributed by atoms with Crippen LogP contribution in [0.3, 0.4) is 0 Å². The van der Waals surface area contributed by atoms with Gasteiger partial charge in [0.1, 0.15) is 18.3 Å². The highest BCUT2D eigenvalue weighted by Crippen LogP contribution is 2.29. The van der Waals surface area contributed by atoms with Gasteiger partial charge in [-0.25, -0.2) is 0 Å². The van der Waals surface area contributed by atoms with E-state index >= 15 is 0 Å². The molecule has 1 amide bonds. The Bertz CT molecular complexity index is 706. The number of ether oxygens (including phenoxy) is 3. The Labute approximate surface area is 146 Å². The van der Waals surface area contributed by atoms with E-state index in [2.05, 4.69) is 5.32 Å². The van der Waals surface area contributed by atoms with Crippen molar-refractivity contribution in [1.29, 1.82) is 0 Å². The number of nitrogens with one attached hydrogen (secondary N) is 1. The smallest absolute Gasteiger partial charge is 0.251 e. The van der Waals surface area contributed by atoms with Crippen molar-refractivity contribution in [3.8, 4) is 0 Å². The number of amides is 1. The molecule has 4 atom stereocenters. The van der Waals surface area contributed by atoms with Crippen molar-refractivity contribution in [2.75, 3.05) is 13.2 Å². The van der Waals surface area contributed by atoms with E-state index in [1.165, 1.54) is 0 Å². The summed E-state index contributed by atoms with van der Waals surface area (Å²) >= 11 is 0. The highest BCUT2D eigenvalue weighted by atomic mass is 16.6. The lowest BCUT2D eigenvalue weighted by atomic mass is 10.1. The van der Waals surface area contributed by atoms with Gasteiger partial charge in [-0.15, -0.1) is 0 Å². The zero-order valence-corrected chi connectivity index (χ0v) is 13.8. The third kappa shape index (κ3) is 3.58. The van der Waals surface area contributed by atoms with Crippen molar-refractivity contribution < 1.29 is 19.0 Å². The minimum Gasteiger partial charge on any atom is -0.370 e. The Hall–Kier alpha value is -2.21. The van der Waals surface area contributed by atoms with Crippen LogP contribution in [-0.4, -0.2) is 43.5 Å². The van der Waals surface area contributed by atoms with Crippen molar-refractivity contribution >= 4 is 5.91 Å². The molecule has 25 heavy (non-hydrogen) atoms. The second-order valence-corrected chi connectivity index (χ2v) is 6.38. The molecule has 2 aromatic rings. The number of hydrogen-bond acceptors (Lipinski definition) is 4. The first kappa shape index (κ1) is 16.3. The molecule has 0 aromatic heterocycles. The highest BCUT2D eigenvalue weighted by molar-refractivity contribution is 5.94. The summed E-state index contributed by atoms with van der Waals surface area (Å²) < 4.78 is 17.7. The predicted molar refractivity (Wildman–Crippen MR) is 92.2 cm³/mol. The Kier molecular flexibility index (Phi) is 4.78. The zero-order valence-electron chi connectivity index (χ0n) is 13.8. The standard InChI is InChI=1S/C20H21NO4/c22-20(15-9-5-2-6-10-15)21-16-12-24-19-17(13-25-18(16)19)23-11-14-7-3-1-4-8-14/h1-10,16-19H,11-13H2,(H,21,22)/t16-,17-,18-,19+/m0/s1. The minimum absolute atomic E-state index is 0.105. The molecule has 0 spiro atoms. The number of fused-ring (bicyclic) bond motifs is 1. The average molecular weight is 339 g/mol. The van der Waals surface area contributed by atoms with Gasteiger partial charge in [0.15, 0.2) is 0 Å². The van der Waals surface area contributed by atoms with Gasteiger partial charge in [0.25, 0.3) is 5.91 Å². The summed E-state index contributed by atoms with van der Waals surface area (Å²) in [5.41, 5.74) is 1.76. The van der Waals surface area contributed by atoms with E-state index in [0.29, 0.717) is 25.4 Å². The Morgan fingerprint density at radius 2 is 1.64 bits per heavy atom. The second-order valence-electron chi connectivity index (χ2n) is 6.38. The molecule has 2 aromatic carbocycles. The van der Waals surface area contributed by atoms with E-state index in [4.69, 9.17) is 14.2 Å². The number of benzene rings is 2. The van der Waals surface area contributed by atoms with Gasteiger partial charge in [-0.1, -0.05) is 48.5 Å². The lowest BCUT2D eigenvalue weighted by Gasteiger charge is -2.18. The van der Waals surface area contributed by atoms with Gasteiger partial charge < -0.3 is 19.5 Å². The summed E-state index contributed by atoms with van der Waals surface area (Å²) in [5, 5.41) is 3.02. The molecule has 4 rings (SSSR count). The lowest BCUT2D eigenvalue weighted by molar-refractivity contribution is -0.0392. The Morgan fingerprint density at radius 3 is 2.40 bits per heavy atom. The van der Waals surface area contributed by atoms with Crippen LogP contribution in [0.2, 0.25) is 0 Å². The number of hydrogen-bond donors (Lipinski definition) is 1. The number of carbonyl (C=O) groups is 1. The van der Waals surface area contributed by atoms with Crippen LogP contribution < -0.4 is 5.32 Å². The Morgan fingerprint density at radius 1 is 0.960 bits per heavy atom. The van der Waals surface area contributed by atoms with Gasteiger partial charge in [-0.2, -0.15) is 0 Å². The molecule has 0 saturated carbocycles. The summed E-state index contributed by atoms with van der Waals surface area (Å²) in [7, 11) is 0. The molecule has 5 heteroatoms. The van der Waals surface area contributed by atoms with Gasteiger partial charge >= 0.3 is 0 Å². The van der Waals surface area contributed by atoms with Crippen molar-refractivity contribution in [3.63, 3.8) is 0 Å². The molecule has 2 saturated heterocycles. The molecule has 0 radical (unpaired) electrons. The molecule has 2 aliphatic heterocycles. The van der Waals surface area contributed by atoms with Crippen molar-refractivity contribution in [1.82, 2.24) is 5.32 Å². The zero-order chi connectivity index (χ0) is 17.1. The molecule has 1 N–H and O–H groups in total. The third-order valence-corrected chi connectivity index (χ3v) is 4.67. The molecular weight excluding hydrogens is 318 g/mol. The van der Waals surface area contributed by atoms with Gasteiger partial charge in [0.05, 0.1) is 25.9 Å². The first-order valence-corrected chi connectivity index (χ1v) is 8.56. The lowest BCUT2D eigenvalue weighted by Crippen LogP contribution is -2.44. The first-order valence-electron chi connectivity index (χ1n) is 8.56. The maximum absolute atomic E-state index is 12.3. The van der Waals surface area contributed by atoms with Crippen LogP contribution in [0.15, 0.2) is 60.7 Å². The summed E-state index contributed by atoms with van der Waals surface area (Å²) in [4.78, 5) is 12.3. The largest absolute Gasteiger partial charge is 0.370 e. The van der Waals surface area contributed by atoms with E-state index in [1.807, 2.05) is 48.5 Å². The van der Waals surface area contributed by atoms with Gasteiger partial charge in [0.2, 0.25) is 0 Å². The molecule has 5 nitrogen and oxygen atoms in total. The van der Waals surface area contributed by atoms with Crippen LogP contribution in [0.25, 0.3) is 0 Å². The maximum Gasteiger partial charge on any atom is 0.251 e. The number of rotatable bonds is 5. The molecule has 2 aliphatic rings. The quantitative estimate of drug-likeness (QED) is 0.907. The van der Waals surface area contributed by atoms with Gasteiger partial charge in [-0.05, 0) is 17.7 Å². The molecule has 0 unspecified atom stereocenters. The van der Waals surface area contributed by atoms with Crippen LogP contribution in [0.4, 0.5) is 0 Å². The molecule has 2 heterocycles. The van der Waals surface area contributed by atoms with Gasteiger partial charge in [0, 0.05) is 5.56 Å². The topological polar surface area (TPSA) is 56.8 Å². The fourth-order valence-electron chi connectivity index (χ4n) is 3.35. The van der Waals surface area contributed by atoms with Crippen molar-refractivity contribution in [3.05, 3.63) is 71.8 Å². The molecule has 2 fully saturated rings. The van der Waals surface area contributed by atoms with E-state index in [-0.39, 0.29) is 30.3 Å². The molecular formula is C20H21NO4. The van der Waals surface area contributed by atoms with Crippen LogP contribution in [0.1, 0.15) is 15.9 Å². The van der Waals surface area contributed by atoms with E-state index in [1.54, 1.807) is 12.1 Å². The minimum atomic E-state index is -0.159. The first-order chi connectivity index (χ1) is 12.3. The van der Waals surface area contributed by atoms with Crippen LogP contribution in [0, 0.1) is 0 Å². The fourth-order valence-corrected chi connectivity index (χ4v) is 3.35. The fraction of sp³-hybridized carbons (Fsp3) is 0.350. The Balaban J connectivity index is 1.33.